The molecule has 2 aromatic rings. The molecule has 1 amide bonds. The molecule has 1 aliphatic rings. The molecular weight excluding hydrogens is 499 g/mol. The first-order chi connectivity index (χ1) is 16.1. The fraction of sp³-hybridized carbons (Fsp3) is 0.450. The molecule has 1 aliphatic heterocycles. The first kappa shape index (κ1) is 28.0. The molecular formula is C20H19F9N4O2. The van der Waals surface area contributed by atoms with Crippen LogP contribution in [0.5, 0.6) is 0 Å². The third-order valence-electron chi connectivity index (χ3n) is 4.38. The summed E-state index contributed by atoms with van der Waals surface area (Å²) in [6.07, 6.45) is -0.179. The molecule has 0 N–H and O–H groups in total. The monoisotopic (exact) mass is 518 g/mol. The third-order valence-corrected chi connectivity index (χ3v) is 4.38. The van der Waals surface area contributed by atoms with E-state index in [2.05, 4.69) is 9.97 Å². The van der Waals surface area contributed by atoms with Crippen LogP contribution in [0.15, 0.2) is 0 Å². The first-order valence-corrected chi connectivity index (χ1v) is 9.92. The summed E-state index contributed by atoms with van der Waals surface area (Å²) >= 11 is 0. The average Bonchev–Trinajstić information content (AvgIpc) is 3.01. The number of anilines is 1. The van der Waals surface area contributed by atoms with Gasteiger partial charge in [0, 0.05) is 26.2 Å². The highest BCUT2D eigenvalue weighted by molar-refractivity contribution is 5.68. The summed E-state index contributed by atoms with van der Waals surface area (Å²) in [6, 6.07) is 0. The van der Waals surface area contributed by atoms with Gasteiger partial charge < -0.3 is 14.5 Å². The molecule has 3 rings (SSSR count). The summed E-state index contributed by atoms with van der Waals surface area (Å²) in [7, 11) is 0. The second kappa shape index (κ2) is 11.0. The molecule has 35 heavy (non-hydrogen) atoms. The van der Waals surface area contributed by atoms with Gasteiger partial charge in [-0.25, -0.2) is 9.18 Å². The van der Waals surface area contributed by atoms with Crippen LogP contribution in [0, 0.1) is 52.9 Å². The van der Waals surface area contributed by atoms with Gasteiger partial charge in [-0.05, 0) is 27.2 Å². The molecule has 0 aliphatic carbocycles. The van der Waals surface area contributed by atoms with E-state index in [0.717, 1.165) is 0 Å². The van der Waals surface area contributed by atoms with E-state index in [1.807, 2.05) is 0 Å². The summed E-state index contributed by atoms with van der Waals surface area (Å²) in [5.74, 6) is -16.9. The Morgan fingerprint density at radius 1 is 0.686 bits per heavy atom. The van der Waals surface area contributed by atoms with Crippen molar-refractivity contribution in [3.05, 3.63) is 52.9 Å². The molecule has 0 bridgehead atoms. The number of amides is 1. The quantitative estimate of drug-likeness (QED) is 0.399. The Bertz CT molecular complexity index is 1040. The Hall–Kier alpha value is -3.26. The van der Waals surface area contributed by atoms with E-state index in [-0.39, 0.29) is 19.6 Å². The zero-order valence-electron chi connectivity index (χ0n) is 18.5. The normalized spacial score (nSPS) is 14.3. The molecule has 0 spiro atoms. The number of pyridine rings is 2. The van der Waals surface area contributed by atoms with Crippen LogP contribution >= 0.6 is 0 Å². The van der Waals surface area contributed by atoms with Gasteiger partial charge in [0.2, 0.25) is 29.1 Å². The summed E-state index contributed by atoms with van der Waals surface area (Å²) in [5, 5.41) is 0. The summed E-state index contributed by atoms with van der Waals surface area (Å²) in [4.78, 5) is 19.3. The van der Waals surface area contributed by atoms with Gasteiger partial charge in [-0.15, -0.1) is 0 Å². The average molecular weight is 518 g/mol. The predicted octanol–water partition coefficient (Wildman–Crippen LogP) is 4.86. The highest BCUT2D eigenvalue weighted by Gasteiger charge is 2.29. The van der Waals surface area contributed by atoms with E-state index in [1.165, 1.54) is 9.80 Å². The molecule has 194 valence electrons. The highest BCUT2D eigenvalue weighted by atomic mass is 19.2. The number of nitrogens with zero attached hydrogens (tertiary/aromatic N) is 4. The van der Waals surface area contributed by atoms with Gasteiger partial charge in [0.1, 0.15) is 11.3 Å². The van der Waals surface area contributed by atoms with E-state index < -0.39 is 70.3 Å². The van der Waals surface area contributed by atoms with Crippen molar-refractivity contribution >= 4 is 11.8 Å². The molecule has 3 heterocycles. The second-order valence-electron chi connectivity index (χ2n) is 8.11. The molecule has 6 nitrogen and oxygen atoms in total. The molecule has 1 fully saturated rings. The lowest BCUT2D eigenvalue weighted by molar-refractivity contribution is 0.0263. The third kappa shape index (κ3) is 6.88. The zero-order chi connectivity index (χ0) is 26.7. The van der Waals surface area contributed by atoms with Crippen molar-refractivity contribution in [2.45, 2.75) is 32.8 Å². The van der Waals surface area contributed by atoms with E-state index >= 15 is 0 Å². The lowest BCUT2D eigenvalue weighted by Crippen LogP contribution is -2.39. The molecule has 0 radical (unpaired) electrons. The van der Waals surface area contributed by atoms with Crippen molar-refractivity contribution in [3.8, 4) is 0 Å². The van der Waals surface area contributed by atoms with Crippen LogP contribution in [0.25, 0.3) is 0 Å². The number of carbonyl (C=O) groups excluding carboxylic acids is 1. The fourth-order valence-electron chi connectivity index (χ4n) is 2.87. The smallest absolute Gasteiger partial charge is 0.410 e. The fourth-order valence-corrected chi connectivity index (χ4v) is 2.87. The van der Waals surface area contributed by atoms with Crippen molar-refractivity contribution < 1.29 is 49.0 Å². The number of carbonyl (C=O) groups is 1. The van der Waals surface area contributed by atoms with E-state index in [4.69, 9.17) is 4.74 Å². The van der Waals surface area contributed by atoms with Crippen LogP contribution < -0.4 is 4.90 Å². The standard InChI is InChI=1S/C15H19F4N3O2.C5F5N/c1-15(2,3)24-14(23)22-6-4-5-21(7-8-22)11-9(16)12(18)20-13(19)10(11)17;6-1-2(7)4(9)11-5(10)3(1)8/h4-8H2,1-3H3;. The first-order valence-electron chi connectivity index (χ1n) is 9.92. The van der Waals surface area contributed by atoms with Crippen LogP contribution in [0.3, 0.4) is 0 Å². The molecule has 2 aromatic heterocycles. The Morgan fingerprint density at radius 3 is 1.60 bits per heavy atom. The largest absolute Gasteiger partial charge is 0.444 e. The number of halogens is 9. The van der Waals surface area contributed by atoms with E-state index in [1.54, 1.807) is 20.8 Å². The molecule has 1 saturated heterocycles. The number of hydrogen-bond donors (Lipinski definition) is 0. The van der Waals surface area contributed by atoms with Gasteiger partial charge in [0.05, 0.1) is 0 Å². The van der Waals surface area contributed by atoms with E-state index in [9.17, 15) is 44.3 Å². The zero-order valence-corrected chi connectivity index (χ0v) is 18.5. The Kier molecular flexibility index (Phi) is 8.79. The Labute approximate surface area is 193 Å². The molecule has 0 saturated carbocycles. The minimum absolute atomic E-state index is 0.00990. The van der Waals surface area contributed by atoms with Gasteiger partial charge in [-0.1, -0.05) is 0 Å². The Balaban J connectivity index is 0.000000328. The minimum Gasteiger partial charge on any atom is -0.444 e. The summed E-state index contributed by atoms with van der Waals surface area (Å²) < 4.78 is 119. The maximum atomic E-state index is 13.8. The number of hydrogen-bond acceptors (Lipinski definition) is 5. The number of rotatable bonds is 1. The van der Waals surface area contributed by atoms with Gasteiger partial charge in [-0.2, -0.15) is 45.1 Å². The van der Waals surface area contributed by atoms with Crippen molar-refractivity contribution in [2.24, 2.45) is 0 Å². The van der Waals surface area contributed by atoms with Crippen LogP contribution in [0.2, 0.25) is 0 Å². The number of ether oxygens (including phenoxy) is 1. The van der Waals surface area contributed by atoms with Crippen molar-refractivity contribution in [2.75, 3.05) is 31.1 Å². The van der Waals surface area contributed by atoms with Crippen LogP contribution in [0.1, 0.15) is 27.2 Å². The lowest BCUT2D eigenvalue weighted by Gasteiger charge is -2.27. The molecule has 0 aromatic carbocycles. The van der Waals surface area contributed by atoms with E-state index in [0.29, 0.717) is 13.0 Å². The minimum atomic E-state index is -2.20. The van der Waals surface area contributed by atoms with Gasteiger partial charge in [0.25, 0.3) is 23.8 Å². The maximum Gasteiger partial charge on any atom is 0.410 e. The van der Waals surface area contributed by atoms with Crippen molar-refractivity contribution in [3.63, 3.8) is 0 Å². The highest BCUT2D eigenvalue weighted by Crippen LogP contribution is 2.27. The van der Waals surface area contributed by atoms with Crippen molar-refractivity contribution in [1.82, 2.24) is 14.9 Å². The summed E-state index contributed by atoms with van der Waals surface area (Å²) in [5.41, 5.74) is -1.47. The van der Waals surface area contributed by atoms with Gasteiger partial charge in [-0.3, -0.25) is 0 Å². The molecule has 0 unspecified atom stereocenters. The van der Waals surface area contributed by atoms with Crippen molar-refractivity contribution in [1.29, 1.82) is 0 Å². The van der Waals surface area contributed by atoms with Gasteiger partial charge in [0.15, 0.2) is 0 Å². The van der Waals surface area contributed by atoms with Crippen LogP contribution in [0.4, 0.5) is 50.0 Å². The molecule has 0 atom stereocenters. The maximum absolute atomic E-state index is 13.8. The summed E-state index contributed by atoms with van der Waals surface area (Å²) in [6.45, 7) is 5.74. The predicted molar refractivity (Wildman–Crippen MR) is 103 cm³/mol. The van der Waals surface area contributed by atoms with Crippen LogP contribution in [-0.2, 0) is 4.74 Å². The van der Waals surface area contributed by atoms with Crippen LogP contribution in [-0.4, -0.2) is 52.7 Å². The topological polar surface area (TPSA) is 58.6 Å². The second-order valence-corrected chi connectivity index (χ2v) is 8.11. The molecule has 15 heteroatoms. The number of aromatic nitrogens is 2. The SMILES string of the molecule is CC(C)(C)OC(=O)N1CCCN(c2c(F)c(F)nc(F)c2F)CC1.Fc1nc(F)c(F)c(F)c1F. The van der Waals surface area contributed by atoms with Gasteiger partial charge >= 0.3 is 6.09 Å². The Morgan fingerprint density at radius 2 is 1.14 bits per heavy atom. The lowest BCUT2D eigenvalue weighted by atomic mass is 10.2.